The molecule has 0 bridgehead atoms. The Balaban J connectivity index is 1.66. The van der Waals surface area contributed by atoms with E-state index in [4.69, 9.17) is 11.6 Å². The van der Waals surface area contributed by atoms with E-state index in [-0.39, 0.29) is 5.91 Å². The third kappa shape index (κ3) is 2.99. The van der Waals surface area contributed by atoms with E-state index in [1.807, 2.05) is 17.0 Å². The highest BCUT2D eigenvalue weighted by atomic mass is 35.5. The maximum atomic E-state index is 12.5. The van der Waals surface area contributed by atoms with Crippen molar-refractivity contribution in [3.63, 3.8) is 0 Å². The van der Waals surface area contributed by atoms with Crippen molar-refractivity contribution in [3.05, 3.63) is 34.9 Å². The first-order valence-electron chi connectivity index (χ1n) is 7.52. The summed E-state index contributed by atoms with van der Waals surface area (Å²) in [5.41, 5.74) is 0.745. The minimum absolute atomic E-state index is 0.143. The van der Waals surface area contributed by atoms with Crippen molar-refractivity contribution in [2.24, 2.45) is 5.92 Å². The average molecular weight is 293 g/mol. The van der Waals surface area contributed by atoms with Gasteiger partial charge in [0.15, 0.2) is 0 Å². The Hall–Kier alpha value is -1.06. The molecule has 0 saturated carbocycles. The third-order valence-corrected chi connectivity index (χ3v) is 4.76. The smallest absolute Gasteiger partial charge is 0.253 e. The second-order valence-electron chi connectivity index (χ2n) is 5.86. The van der Waals surface area contributed by atoms with Crippen molar-refractivity contribution in [1.82, 2.24) is 10.2 Å². The Morgan fingerprint density at radius 3 is 2.70 bits per heavy atom. The van der Waals surface area contributed by atoms with Crippen LogP contribution in [-0.4, -0.2) is 36.5 Å². The van der Waals surface area contributed by atoms with Crippen LogP contribution in [0.25, 0.3) is 0 Å². The van der Waals surface area contributed by atoms with Crippen LogP contribution in [0.4, 0.5) is 0 Å². The van der Waals surface area contributed by atoms with Crippen molar-refractivity contribution in [2.75, 3.05) is 19.6 Å². The maximum Gasteiger partial charge on any atom is 0.253 e. The standard InChI is InChI=1S/C16H21ClN2O/c17-14-7-5-12(6-8-14)16(20)19-10-2-3-13(11-19)15-4-1-9-18-15/h5-8,13,15,18H,1-4,9-11H2. The molecule has 1 aromatic carbocycles. The fourth-order valence-corrected chi connectivity index (χ4v) is 3.54. The number of likely N-dealkylation sites (tertiary alicyclic amines) is 1. The molecule has 1 N–H and O–H groups in total. The van der Waals surface area contributed by atoms with Gasteiger partial charge in [-0.25, -0.2) is 0 Å². The van der Waals surface area contributed by atoms with E-state index < -0.39 is 0 Å². The van der Waals surface area contributed by atoms with E-state index >= 15 is 0 Å². The Kier molecular flexibility index (Phi) is 4.27. The molecule has 2 atom stereocenters. The lowest BCUT2D eigenvalue weighted by Gasteiger charge is -2.36. The molecule has 2 fully saturated rings. The summed E-state index contributed by atoms with van der Waals surface area (Å²) in [5, 5.41) is 4.25. The van der Waals surface area contributed by atoms with Gasteiger partial charge in [0, 0.05) is 29.7 Å². The highest BCUT2D eigenvalue weighted by Crippen LogP contribution is 2.25. The number of carbonyl (C=O) groups is 1. The molecule has 20 heavy (non-hydrogen) atoms. The number of nitrogens with one attached hydrogen (secondary N) is 1. The summed E-state index contributed by atoms with van der Waals surface area (Å²) in [6.45, 7) is 2.90. The number of benzene rings is 1. The molecule has 1 amide bonds. The van der Waals surface area contributed by atoms with Gasteiger partial charge in [-0.2, -0.15) is 0 Å². The number of nitrogens with zero attached hydrogens (tertiary/aromatic N) is 1. The number of amides is 1. The van der Waals surface area contributed by atoms with Crippen molar-refractivity contribution in [2.45, 2.75) is 31.7 Å². The maximum absolute atomic E-state index is 12.5. The second kappa shape index (κ2) is 6.15. The minimum Gasteiger partial charge on any atom is -0.338 e. The van der Waals surface area contributed by atoms with Gasteiger partial charge in [0.1, 0.15) is 0 Å². The molecule has 1 aromatic rings. The van der Waals surface area contributed by atoms with Crippen LogP contribution in [0.2, 0.25) is 5.02 Å². The number of piperidine rings is 1. The number of carbonyl (C=O) groups excluding carboxylic acids is 1. The van der Waals surface area contributed by atoms with E-state index in [0.717, 1.165) is 31.6 Å². The summed E-state index contributed by atoms with van der Waals surface area (Å²) in [6.07, 6.45) is 4.88. The van der Waals surface area contributed by atoms with Crippen LogP contribution < -0.4 is 5.32 Å². The number of rotatable bonds is 2. The van der Waals surface area contributed by atoms with Crippen molar-refractivity contribution < 1.29 is 4.79 Å². The van der Waals surface area contributed by atoms with Crippen molar-refractivity contribution in [3.8, 4) is 0 Å². The predicted octanol–water partition coefficient (Wildman–Crippen LogP) is 2.94. The van der Waals surface area contributed by atoms with Crippen LogP contribution >= 0.6 is 11.6 Å². The number of hydrogen-bond acceptors (Lipinski definition) is 2. The number of hydrogen-bond donors (Lipinski definition) is 1. The zero-order valence-corrected chi connectivity index (χ0v) is 12.4. The van der Waals surface area contributed by atoms with Gasteiger partial charge in [0.25, 0.3) is 5.91 Å². The van der Waals surface area contributed by atoms with Crippen LogP contribution in [0.15, 0.2) is 24.3 Å². The fourth-order valence-electron chi connectivity index (χ4n) is 3.41. The van der Waals surface area contributed by atoms with Crippen LogP contribution in [0.1, 0.15) is 36.0 Å². The predicted molar refractivity (Wildman–Crippen MR) is 81.1 cm³/mol. The zero-order valence-electron chi connectivity index (χ0n) is 11.6. The van der Waals surface area contributed by atoms with Crippen molar-refractivity contribution >= 4 is 17.5 Å². The Labute approximate surface area is 125 Å². The molecule has 2 aliphatic rings. The van der Waals surface area contributed by atoms with E-state index in [0.29, 0.717) is 17.0 Å². The molecule has 3 rings (SSSR count). The summed E-state index contributed by atoms with van der Waals surface area (Å²) in [7, 11) is 0. The first-order valence-corrected chi connectivity index (χ1v) is 7.90. The Bertz CT molecular complexity index is 468. The molecule has 2 unspecified atom stereocenters. The lowest BCUT2D eigenvalue weighted by atomic mass is 9.89. The largest absolute Gasteiger partial charge is 0.338 e. The quantitative estimate of drug-likeness (QED) is 0.909. The normalized spacial score (nSPS) is 26.8. The molecule has 0 spiro atoms. The SMILES string of the molecule is O=C(c1ccc(Cl)cc1)N1CCCC(C2CCCN2)C1. The van der Waals surface area contributed by atoms with E-state index in [9.17, 15) is 4.79 Å². The summed E-state index contributed by atoms with van der Waals surface area (Å²) < 4.78 is 0. The van der Waals surface area contributed by atoms with Crippen LogP contribution in [-0.2, 0) is 0 Å². The molecule has 0 radical (unpaired) electrons. The van der Waals surface area contributed by atoms with E-state index in [1.165, 1.54) is 19.3 Å². The molecule has 3 nitrogen and oxygen atoms in total. The summed E-state index contributed by atoms with van der Waals surface area (Å²) in [4.78, 5) is 14.5. The van der Waals surface area contributed by atoms with Gasteiger partial charge >= 0.3 is 0 Å². The van der Waals surface area contributed by atoms with Crippen LogP contribution in [0.5, 0.6) is 0 Å². The molecular formula is C16H21ClN2O. The molecular weight excluding hydrogens is 272 g/mol. The van der Waals surface area contributed by atoms with Gasteiger partial charge in [0.2, 0.25) is 0 Å². The Morgan fingerprint density at radius 2 is 2.00 bits per heavy atom. The minimum atomic E-state index is 0.143. The topological polar surface area (TPSA) is 32.3 Å². The Morgan fingerprint density at radius 1 is 1.20 bits per heavy atom. The van der Waals surface area contributed by atoms with Gasteiger partial charge in [-0.05, 0) is 62.4 Å². The summed E-state index contributed by atoms with van der Waals surface area (Å²) in [6, 6.07) is 7.82. The van der Waals surface area contributed by atoms with Gasteiger partial charge in [-0.3, -0.25) is 4.79 Å². The fraction of sp³-hybridized carbons (Fsp3) is 0.562. The first-order chi connectivity index (χ1) is 9.74. The molecule has 108 valence electrons. The second-order valence-corrected chi connectivity index (χ2v) is 6.30. The van der Waals surface area contributed by atoms with Gasteiger partial charge < -0.3 is 10.2 Å². The lowest BCUT2D eigenvalue weighted by molar-refractivity contribution is 0.0651. The molecule has 2 saturated heterocycles. The van der Waals surface area contributed by atoms with Gasteiger partial charge in [-0.1, -0.05) is 11.6 Å². The van der Waals surface area contributed by atoms with Gasteiger partial charge in [0.05, 0.1) is 0 Å². The molecule has 0 aliphatic carbocycles. The first kappa shape index (κ1) is 13.9. The highest BCUT2D eigenvalue weighted by Gasteiger charge is 2.31. The molecule has 2 heterocycles. The van der Waals surface area contributed by atoms with Crippen LogP contribution in [0.3, 0.4) is 0 Å². The highest BCUT2D eigenvalue weighted by molar-refractivity contribution is 6.30. The summed E-state index contributed by atoms with van der Waals surface area (Å²) in [5.74, 6) is 0.756. The summed E-state index contributed by atoms with van der Waals surface area (Å²) >= 11 is 5.88. The number of halogens is 1. The molecule has 0 aromatic heterocycles. The average Bonchev–Trinajstić information content (AvgIpc) is 3.02. The van der Waals surface area contributed by atoms with E-state index in [1.54, 1.807) is 12.1 Å². The zero-order chi connectivity index (χ0) is 13.9. The monoisotopic (exact) mass is 292 g/mol. The van der Waals surface area contributed by atoms with Gasteiger partial charge in [-0.15, -0.1) is 0 Å². The lowest BCUT2D eigenvalue weighted by Crippen LogP contribution is -2.45. The van der Waals surface area contributed by atoms with Crippen LogP contribution in [0, 0.1) is 5.92 Å². The third-order valence-electron chi connectivity index (χ3n) is 4.50. The van der Waals surface area contributed by atoms with E-state index in [2.05, 4.69) is 5.32 Å². The van der Waals surface area contributed by atoms with Crippen molar-refractivity contribution in [1.29, 1.82) is 0 Å². The molecule has 2 aliphatic heterocycles. The molecule has 4 heteroatoms.